The Kier molecular flexibility index (Phi) is 8.32. The van der Waals surface area contributed by atoms with Gasteiger partial charge in [-0.15, -0.1) is 0 Å². The minimum Gasteiger partial charge on any atom is -0.457 e. The van der Waals surface area contributed by atoms with Gasteiger partial charge >= 0.3 is 0 Å². The van der Waals surface area contributed by atoms with Gasteiger partial charge in [0.2, 0.25) is 0 Å². The lowest BCUT2D eigenvalue weighted by molar-refractivity contribution is 0.459. The van der Waals surface area contributed by atoms with E-state index in [9.17, 15) is 4.39 Å². The van der Waals surface area contributed by atoms with Crippen LogP contribution in [0.4, 0.5) is 4.39 Å². The number of rotatable bonds is 9. The van der Waals surface area contributed by atoms with Crippen LogP contribution in [-0.4, -0.2) is 19.3 Å². The van der Waals surface area contributed by atoms with Crippen molar-refractivity contribution in [2.75, 3.05) is 0 Å². The van der Waals surface area contributed by atoms with Gasteiger partial charge in [0.25, 0.3) is 0 Å². The number of aryl methyl sites for hydroxylation is 2. The van der Waals surface area contributed by atoms with Gasteiger partial charge in [0.1, 0.15) is 46.1 Å². The lowest BCUT2D eigenvalue weighted by Crippen LogP contribution is -1.98. The van der Waals surface area contributed by atoms with Gasteiger partial charge in [-0.2, -0.15) is 5.10 Å². The molecule has 8 heteroatoms. The largest absolute Gasteiger partial charge is 0.457 e. The Morgan fingerprint density at radius 2 is 1.20 bits per heavy atom. The zero-order chi connectivity index (χ0) is 36.6. The number of pyridine rings is 1. The van der Waals surface area contributed by atoms with Crippen molar-refractivity contribution in [1.82, 2.24) is 19.3 Å². The first-order valence-electron chi connectivity index (χ1n) is 17.6. The second-order valence-corrected chi connectivity index (χ2v) is 13.0. The predicted molar refractivity (Wildman–Crippen MR) is 210 cm³/mol. The van der Waals surface area contributed by atoms with Crippen molar-refractivity contribution in [2.24, 2.45) is 0 Å². The normalized spacial score (nSPS) is 11.2. The summed E-state index contributed by atoms with van der Waals surface area (Å²) in [6, 6.07) is 46.1. The van der Waals surface area contributed by atoms with Crippen molar-refractivity contribution in [1.29, 1.82) is 0 Å². The first-order chi connectivity index (χ1) is 26.5. The third-order valence-corrected chi connectivity index (χ3v) is 9.30. The van der Waals surface area contributed by atoms with Gasteiger partial charge < -0.3 is 14.2 Å². The van der Waals surface area contributed by atoms with Gasteiger partial charge in [0, 0.05) is 46.9 Å². The third-order valence-electron chi connectivity index (χ3n) is 9.30. The molecule has 0 aliphatic rings. The van der Waals surface area contributed by atoms with Gasteiger partial charge in [-0.05, 0) is 91.7 Å². The van der Waals surface area contributed by atoms with Crippen molar-refractivity contribution in [3.63, 3.8) is 0 Å². The Morgan fingerprint density at radius 1 is 0.556 bits per heavy atom. The summed E-state index contributed by atoms with van der Waals surface area (Å²) in [4.78, 5) is 4.48. The van der Waals surface area contributed by atoms with E-state index in [0.29, 0.717) is 28.8 Å². The fourth-order valence-corrected chi connectivity index (χ4v) is 6.89. The number of fused-ring (bicyclic) bond motifs is 3. The van der Waals surface area contributed by atoms with Gasteiger partial charge in [-0.25, -0.2) is 14.1 Å². The molecule has 0 saturated carbocycles. The second-order valence-electron chi connectivity index (χ2n) is 13.0. The van der Waals surface area contributed by atoms with Crippen LogP contribution in [0, 0.1) is 19.7 Å². The molecule has 0 amide bonds. The van der Waals surface area contributed by atoms with Crippen LogP contribution in [0.1, 0.15) is 11.1 Å². The summed E-state index contributed by atoms with van der Waals surface area (Å²) in [6.45, 7) is 4.08. The zero-order valence-corrected chi connectivity index (χ0v) is 29.5. The first kappa shape index (κ1) is 32.7. The SMILES string of the molecule is Cc1cc(C)c(Oc2ccccc2)c(-c2cnn(-c3cccc(Oc4ccc5c6ccccc6n(-c6cc(F)ccn6)c5c4)c3)c2)c1Oc1ccccc1. The molecule has 0 unspecified atom stereocenters. The number of nitrogens with zero attached hydrogens (tertiary/aromatic N) is 4. The maximum atomic E-state index is 14.4. The van der Waals surface area contributed by atoms with Crippen LogP contribution in [0.15, 0.2) is 164 Å². The lowest BCUT2D eigenvalue weighted by atomic mass is 9.99. The summed E-state index contributed by atoms with van der Waals surface area (Å²) in [5, 5.41) is 6.85. The van der Waals surface area contributed by atoms with E-state index in [2.05, 4.69) is 17.1 Å². The van der Waals surface area contributed by atoms with E-state index in [-0.39, 0.29) is 5.82 Å². The van der Waals surface area contributed by atoms with Crippen molar-refractivity contribution in [3.8, 4) is 57.1 Å². The standard InChI is InChI=1S/C46H33FN4O3/c1-30-24-31(2)46(54-36-15-7-4-8-16-36)44(45(30)53-35-13-5-3-6-14-35)32-28-49-50(29-32)34-12-11-17-37(26-34)52-38-20-21-40-39-18-9-10-19-41(39)51(42(40)27-38)43-25-33(47)22-23-48-43/h3-29H,1-2H3. The topological polar surface area (TPSA) is 63.3 Å². The highest BCUT2D eigenvalue weighted by Crippen LogP contribution is 2.46. The maximum absolute atomic E-state index is 14.4. The van der Waals surface area contributed by atoms with Crippen molar-refractivity contribution >= 4 is 21.8 Å². The molecule has 9 aromatic rings. The smallest absolute Gasteiger partial charge is 0.142 e. The quantitative estimate of drug-likeness (QED) is 0.149. The molecule has 7 nitrogen and oxygen atoms in total. The average molecular weight is 709 g/mol. The molecule has 3 heterocycles. The molecular formula is C46H33FN4O3. The maximum Gasteiger partial charge on any atom is 0.142 e. The van der Waals surface area contributed by atoms with E-state index in [1.807, 2.05) is 157 Å². The molecule has 0 atom stereocenters. The predicted octanol–water partition coefficient (Wildman–Crippen LogP) is 12.2. The molecule has 0 radical (unpaired) electrons. The molecule has 9 rings (SSSR count). The van der Waals surface area contributed by atoms with Crippen LogP contribution in [0.3, 0.4) is 0 Å². The number of hydrogen-bond acceptors (Lipinski definition) is 5. The molecule has 6 aromatic carbocycles. The molecular weight excluding hydrogens is 676 g/mol. The molecule has 0 N–H and O–H groups in total. The molecule has 3 aromatic heterocycles. The Hall–Kier alpha value is -7.19. The highest BCUT2D eigenvalue weighted by Gasteiger charge is 2.22. The summed E-state index contributed by atoms with van der Waals surface area (Å²) < 4.78 is 37.7. The second kappa shape index (κ2) is 13.7. The minimum absolute atomic E-state index is 0.352. The number of ether oxygens (including phenoxy) is 3. The number of halogens is 1. The van der Waals surface area contributed by atoms with Gasteiger partial charge in [-0.3, -0.25) is 4.57 Å². The molecule has 0 saturated heterocycles. The number of benzene rings is 6. The van der Waals surface area contributed by atoms with E-state index in [1.54, 1.807) is 0 Å². The Bertz CT molecular complexity index is 2730. The van der Waals surface area contributed by atoms with E-state index < -0.39 is 0 Å². The van der Waals surface area contributed by atoms with Crippen LogP contribution in [-0.2, 0) is 0 Å². The average Bonchev–Trinajstić information content (AvgIpc) is 3.81. The first-order valence-corrected chi connectivity index (χ1v) is 17.6. The van der Waals surface area contributed by atoms with Gasteiger partial charge in [0.15, 0.2) is 0 Å². The molecule has 0 aliphatic heterocycles. The zero-order valence-electron chi connectivity index (χ0n) is 29.5. The summed E-state index contributed by atoms with van der Waals surface area (Å²) in [7, 11) is 0. The Labute approximate surface area is 311 Å². The van der Waals surface area contributed by atoms with Crippen molar-refractivity contribution < 1.29 is 18.6 Å². The van der Waals surface area contributed by atoms with Crippen LogP contribution in [0.25, 0.3) is 44.4 Å². The highest BCUT2D eigenvalue weighted by molar-refractivity contribution is 6.09. The van der Waals surface area contributed by atoms with Crippen molar-refractivity contribution in [2.45, 2.75) is 13.8 Å². The number of para-hydroxylation sites is 3. The number of aromatic nitrogens is 4. The number of hydrogen-bond donors (Lipinski definition) is 0. The monoisotopic (exact) mass is 708 g/mol. The van der Waals surface area contributed by atoms with E-state index in [0.717, 1.165) is 61.2 Å². The lowest BCUT2D eigenvalue weighted by Gasteiger charge is -2.20. The molecule has 0 fully saturated rings. The van der Waals surface area contributed by atoms with Crippen LogP contribution < -0.4 is 14.2 Å². The van der Waals surface area contributed by atoms with Gasteiger partial charge in [0.05, 0.1) is 28.5 Å². The summed E-state index contributed by atoms with van der Waals surface area (Å²) >= 11 is 0. The van der Waals surface area contributed by atoms with E-state index >= 15 is 0 Å². The summed E-state index contributed by atoms with van der Waals surface area (Å²) in [5.74, 6) is 4.22. The fraction of sp³-hybridized carbons (Fsp3) is 0.0435. The molecule has 54 heavy (non-hydrogen) atoms. The minimum atomic E-state index is -0.352. The van der Waals surface area contributed by atoms with Crippen LogP contribution >= 0.6 is 0 Å². The van der Waals surface area contributed by atoms with Crippen LogP contribution in [0.2, 0.25) is 0 Å². The highest BCUT2D eigenvalue weighted by atomic mass is 19.1. The molecule has 262 valence electrons. The fourth-order valence-electron chi connectivity index (χ4n) is 6.89. The van der Waals surface area contributed by atoms with E-state index in [1.165, 1.54) is 18.3 Å². The molecule has 0 aliphatic carbocycles. The van der Waals surface area contributed by atoms with Crippen LogP contribution in [0.5, 0.6) is 34.5 Å². The van der Waals surface area contributed by atoms with Crippen molar-refractivity contribution in [3.05, 3.63) is 181 Å². The third kappa shape index (κ3) is 6.20. The summed E-state index contributed by atoms with van der Waals surface area (Å²) in [6.07, 6.45) is 5.27. The van der Waals surface area contributed by atoms with Gasteiger partial charge in [-0.1, -0.05) is 60.7 Å². The van der Waals surface area contributed by atoms with E-state index in [4.69, 9.17) is 19.3 Å². The Balaban J connectivity index is 1.08. The Morgan fingerprint density at radius 3 is 1.93 bits per heavy atom. The summed E-state index contributed by atoms with van der Waals surface area (Å²) in [5.41, 5.74) is 6.16. The molecule has 0 bridgehead atoms. The molecule has 0 spiro atoms.